The summed E-state index contributed by atoms with van der Waals surface area (Å²) >= 11 is 0. The number of carbonyl (C=O) groups excluding carboxylic acids is 1. The topological polar surface area (TPSA) is 111 Å². The summed E-state index contributed by atoms with van der Waals surface area (Å²) < 4.78 is 43.9. The number of carbonyl (C=O) groups is 1. The molecule has 30 heavy (non-hydrogen) atoms. The predicted molar refractivity (Wildman–Crippen MR) is 104 cm³/mol. The zero-order valence-corrected chi connectivity index (χ0v) is 17.2. The molecule has 2 aliphatic heterocycles. The van der Waals surface area contributed by atoms with Crippen LogP contribution in [0.3, 0.4) is 0 Å². The van der Waals surface area contributed by atoms with Gasteiger partial charge in [-0.15, -0.1) is 5.10 Å². The molecule has 2 aliphatic rings. The van der Waals surface area contributed by atoms with Gasteiger partial charge in [0.15, 0.2) is 9.84 Å². The smallest absolute Gasteiger partial charge is 0.266 e. The minimum atomic E-state index is -3.56. The predicted octanol–water partition coefficient (Wildman–Crippen LogP) is 0.114. The number of hydrogen-bond acceptors (Lipinski definition) is 8. The summed E-state index contributed by atoms with van der Waals surface area (Å²) in [6, 6.07) is 4.85. The van der Waals surface area contributed by atoms with E-state index in [2.05, 4.69) is 15.4 Å². The Labute approximate surface area is 173 Å². The second-order valence-corrected chi connectivity index (χ2v) is 9.53. The summed E-state index contributed by atoms with van der Waals surface area (Å²) in [7, 11) is -3.56. The van der Waals surface area contributed by atoms with E-state index in [-0.39, 0.29) is 17.3 Å². The van der Waals surface area contributed by atoms with Crippen LogP contribution in [0, 0.1) is 5.82 Å². The molecule has 10 nitrogen and oxygen atoms in total. The van der Waals surface area contributed by atoms with Crippen LogP contribution >= 0.6 is 0 Å². The van der Waals surface area contributed by atoms with Gasteiger partial charge in [-0.3, -0.25) is 4.79 Å². The van der Waals surface area contributed by atoms with E-state index in [9.17, 15) is 17.6 Å². The Morgan fingerprint density at radius 1 is 1.10 bits per heavy atom. The number of piperidine rings is 1. The largest absolute Gasteiger partial charge is 0.378 e. The first-order chi connectivity index (χ1) is 14.4. The summed E-state index contributed by atoms with van der Waals surface area (Å²) in [6.45, 7) is 3.16. The van der Waals surface area contributed by atoms with E-state index >= 15 is 0 Å². The van der Waals surface area contributed by atoms with Crippen molar-refractivity contribution in [3.05, 3.63) is 30.1 Å². The van der Waals surface area contributed by atoms with Gasteiger partial charge in [-0.25, -0.2) is 12.8 Å². The monoisotopic (exact) mass is 438 g/mol. The van der Waals surface area contributed by atoms with Crippen LogP contribution in [0.1, 0.15) is 12.8 Å². The highest BCUT2D eigenvalue weighted by Gasteiger charge is 2.33. The Morgan fingerprint density at radius 3 is 2.43 bits per heavy atom. The second-order valence-electron chi connectivity index (χ2n) is 7.30. The maximum atomic E-state index is 13.1. The average Bonchev–Trinajstić information content (AvgIpc) is 3.23. The zero-order chi connectivity index (χ0) is 21.1. The van der Waals surface area contributed by atoms with E-state index in [1.54, 1.807) is 4.90 Å². The first-order valence-electron chi connectivity index (χ1n) is 9.81. The molecule has 0 atom stereocenters. The molecule has 162 valence electrons. The number of morpholine rings is 1. The van der Waals surface area contributed by atoms with Gasteiger partial charge < -0.3 is 14.5 Å². The lowest BCUT2D eigenvalue weighted by Crippen LogP contribution is -2.44. The number of aromatic nitrogens is 4. The Hall–Kier alpha value is -2.60. The van der Waals surface area contributed by atoms with Gasteiger partial charge in [-0.2, -0.15) is 4.80 Å². The number of sulfone groups is 1. The SMILES string of the molecule is O=C(Cn1nnc(N2CCOCC2)n1)N1CCC(S(=O)(=O)c2ccc(F)cc2)CC1. The molecular weight excluding hydrogens is 415 g/mol. The van der Waals surface area contributed by atoms with Crippen molar-refractivity contribution in [2.24, 2.45) is 0 Å². The molecule has 0 radical (unpaired) electrons. The van der Waals surface area contributed by atoms with Crippen LogP contribution < -0.4 is 4.90 Å². The molecule has 1 amide bonds. The molecule has 0 spiro atoms. The van der Waals surface area contributed by atoms with Crippen molar-refractivity contribution in [3.8, 4) is 0 Å². The fourth-order valence-electron chi connectivity index (χ4n) is 3.64. The minimum Gasteiger partial charge on any atom is -0.378 e. The highest BCUT2D eigenvalue weighted by atomic mass is 32.2. The van der Waals surface area contributed by atoms with E-state index in [1.807, 2.05) is 4.90 Å². The van der Waals surface area contributed by atoms with E-state index < -0.39 is 20.9 Å². The van der Waals surface area contributed by atoms with Crippen LogP contribution in [0.25, 0.3) is 0 Å². The van der Waals surface area contributed by atoms with Crippen molar-refractivity contribution in [1.29, 1.82) is 0 Å². The Balaban J connectivity index is 1.32. The zero-order valence-electron chi connectivity index (χ0n) is 16.4. The minimum absolute atomic E-state index is 0.0489. The number of rotatable bonds is 5. The van der Waals surface area contributed by atoms with Gasteiger partial charge in [-0.05, 0) is 42.3 Å². The number of benzene rings is 1. The third-order valence-corrected chi connectivity index (χ3v) is 7.67. The Bertz CT molecular complexity index is 982. The molecule has 2 fully saturated rings. The van der Waals surface area contributed by atoms with Crippen molar-refractivity contribution >= 4 is 21.7 Å². The van der Waals surface area contributed by atoms with Gasteiger partial charge in [0.1, 0.15) is 12.4 Å². The summed E-state index contributed by atoms with van der Waals surface area (Å²) in [4.78, 5) is 17.5. The Morgan fingerprint density at radius 2 is 1.77 bits per heavy atom. The average molecular weight is 438 g/mol. The fraction of sp³-hybridized carbons (Fsp3) is 0.556. The summed E-state index contributed by atoms with van der Waals surface area (Å²) in [5.74, 6) is -0.193. The van der Waals surface area contributed by atoms with Gasteiger partial charge >= 0.3 is 0 Å². The van der Waals surface area contributed by atoms with Gasteiger partial charge in [0, 0.05) is 26.2 Å². The maximum absolute atomic E-state index is 13.1. The van der Waals surface area contributed by atoms with Crippen LogP contribution in [0.15, 0.2) is 29.2 Å². The quantitative estimate of drug-likeness (QED) is 0.605. The van der Waals surface area contributed by atoms with Crippen LogP contribution in [0.4, 0.5) is 10.3 Å². The molecule has 1 aromatic carbocycles. The first kappa shape index (κ1) is 20.7. The maximum Gasteiger partial charge on any atom is 0.266 e. The fourth-order valence-corrected chi connectivity index (χ4v) is 5.38. The highest BCUT2D eigenvalue weighted by Crippen LogP contribution is 2.25. The lowest BCUT2D eigenvalue weighted by atomic mass is 10.1. The number of likely N-dealkylation sites (tertiary alicyclic amines) is 1. The number of nitrogens with zero attached hydrogens (tertiary/aromatic N) is 6. The van der Waals surface area contributed by atoms with Crippen molar-refractivity contribution in [2.75, 3.05) is 44.3 Å². The third kappa shape index (κ3) is 4.43. The molecule has 2 aromatic rings. The highest BCUT2D eigenvalue weighted by molar-refractivity contribution is 7.92. The Kier molecular flexibility index (Phi) is 5.95. The molecule has 1 aromatic heterocycles. The molecule has 0 aliphatic carbocycles. The molecule has 0 bridgehead atoms. The third-order valence-electron chi connectivity index (χ3n) is 5.39. The van der Waals surface area contributed by atoms with E-state index in [0.717, 1.165) is 12.1 Å². The van der Waals surface area contributed by atoms with E-state index in [1.165, 1.54) is 16.9 Å². The van der Waals surface area contributed by atoms with Crippen LogP contribution in [-0.4, -0.2) is 84.1 Å². The summed E-state index contributed by atoms with van der Waals surface area (Å²) in [5, 5.41) is 11.6. The normalized spacial score (nSPS) is 18.6. The van der Waals surface area contributed by atoms with Crippen LogP contribution in [0.5, 0.6) is 0 Å². The molecule has 0 N–H and O–H groups in total. The summed E-state index contributed by atoms with van der Waals surface area (Å²) in [5.41, 5.74) is 0. The van der Waals surface area contributed by atoms with Crippen molar-refractivity contribution in [3.63, 3.8) is 0 Å². The van der Waals surface area contributed by atoms with E-state index in [0.29, 0.717) is 58.2 Å². The van der Waals surface area contributed by atoms with Crippen LogP contribution in [0.2, 0.25) is 0 Å². The molecule has 3 heterocycles. The number of tetrazole rings is 1. The van der Waals surface area contributed by atoms with Gasteiger partial charge in [-0.1, -0.05) is 5.10 Å². The molecule has 2 saturated heterocycles. The number of amides is 1. The standard InChI is InChI=1S/C18H23FN6O4S/c19-14-1-3-15(4-2-14)30(27,28)16-5-7-23(8-6-16)17(26)13-25-21-18(20-22-25)24-9-11-29-12-10-24/h1-4,16H,5-13H2. The lowest BCUT2D eigenvalue weighted by Gasteiger charge is -2.31. The van der Waals surface area contributed by atoms with Gasteiger partial charge in [0.25, 0.3) is 5.95 Å². The van der Waals surface area contributed by atoms with Gasteiger partial charge in [0.2, 0.25) is 5.91 Å². The lowest BCUT2D eigenvalue weighted by molar-refractivity contribution is -0.133. The molecule has 0 unspecified atom stereocenters. The van der Waals surface area contributed by atoms with E-state index in [4.69, 9.17) is 4.74 Å². The van der Waals surface area contributed by atoms with Crippen LogP contribution in [-0.2, 0) is 25.9 Å². The molecule has 4 rings (SSSR count). The van der Waals surface area contributed by atoms with Crippen molar-refractivity contribution in [2.45, 2.75) is 29.5 Å². The first-order valence-corrected chi connectivity index (χ1v) is 11.4. The number of anilines is 1. The number of ether oxygens (including phenoxy) is 1. The second kappa shape index (κ2) is 8.64. The van der Waals surface area contributed by atoms with Crippen molar-refractivity contribution in [1.82, 2.24) is 25.1 Å². The van der Waals surface area contributed by atoms with Gasteiger partial charge in [0.05, 0.1) is 23.4 Å². The molecular formula is C18H23FN6O4S. The summed E-state index contributed by atoms with van der Waals surface area (Å²) in [6.07, 6.45) is 0.657. The molecule has 0 saturated carbocycles. The molecule has 12 heteroatoms. The number of hydrogen-bond donors (Lipinski definition) is 0. The van der Waals surface area contributed by atoms with Crippen molar-refractivity contribution < 1.29 is 22.3 Å². The number of halogens is 1.